The lowest BCUT2D eigenvalue weighted by atomic mass is 10.3. The van der Waals surface area contributed by atoms with Gasteiger partial charge in [0.15, 0.2) is 0 Å². The lowest BCUT2D eigenvalue weighted by Crippen LogP contribution is -2.26. The van der Waals surface area contributed by atoms with E-state index in [1.54, 1.807) is 13.2 Å². The topological polar surface area (TPSA) is 76.1 Å². The monoisotopic (exact) mass is 252 g/mol. The quantitative estimate of drug-likeness (QED) is 0.710. The first-order valence-corrected chi connectivity index (χ1v) is 5.99. The molecule has 0 aliphatic heterocycles. The number of methoxy groups -OCH3 is 1. The van der Waals surface area contributed by atoms with E-state index in [-0.39, 0.29) is 11.9 Å². The standard InChI is InChI=1S/C12H20N4O2/c1-9(2)16-11-7-10(14-8-15-11)12(17)13-5-4-6-18-3/h7-9H,4-6H2,1-3H3,(H,13,17)(H,14,15,16). The Morgan fingerprint density at radius 2 is 2.22 bits per heavy atom. The van der Waals surface area contributed by atoms with Gasteiger partial charge < -0.3 is 15.4 Å². The third kappa shape index (κ3) is 5.09. The highest BCUT2D eigenvalue weighted by Gasteiger charge is 2.08. The highest BCUT2D eigenvalue weighted by atomic mass is 16.5. The summed E-state index contributed by atoms with van der Waals surface area (Å²) in [6, 6.07) is 1.91. The number of amides is 1. The van der Waals surface area contributed by atoms with Gasteiger partial charge in [-0.15, -0.1) is 0 Å². The van der Waals surface area contributed by atoms with E-state index in [1.807, 2.05) is 13.8 Å². The van der Waals surface area contributed by atoms with E-state index in [4.69, 9.17) is 4.74 Å². The Morgan fingerprint density at radius 3 is 2.89 bits per heavy atom. The number of nitrogens with one attached hydrogen (secondary N) is 2. The van der Waals surface area contributed by atoms with Crippen LogP contribution in [0.25, 0.3) is 0 Å². The summed E-state index contributed by atoms with van der Waals surface area (Å²) in [7, 11) is 1.64. The van der Waals surface area contributed by atoms with Gasteiger partial charge in [-0.2, -0.15) is 0 Å². The molecule has 18 heavy (non-hydrogen) atoms. The predicted octanol–water partition coefficient (Wildman–Crippen LogP) is 1.06. The van der Waals surface area contributed by atoms with Crippen LogP contribution in [0.3, 0.4) is 0 Å². The maximum absolute atomic E-state index is 11.8. The van der Waals surface area contributed by atoms with Crippen LogP contribution in [-0.2, 0) is 4.74 Å². The summed E-state index contributed by atoms with van der Waals surface area (Å²) < 4.78 is 4.91. The van der Waals surface area contributed by atoms with Crippen molar-refractivity contribution < 1.29 is 9.53 Å². The lowest BCUT2D eigenvalue weighted by Gasteiger charge is -2.09. The molecular formula is C12H20N4O2. The van der Waals surface area contributed by atoms with Crippen molar-refractivity contribution >= 4 is 11.7 Å². The molecule has 1 amide bonds. The average molecular weight is 252 g/mol. The molecule has 0 aliphatic rings. The zero-order chi connectivity index (χ0) is 13.4. The maximum atomic E-state index is 11.8. The van der Waals surface area contributed by atoms with Gasteiger partial charge in [-0.05, 0) is 20.3 Å². The van der Waals surface area contributed by atoms with Gasteiger partial charge in [0.1, 0.15) is 17.8 Å². The molecule has 1 heterocycles. The number of anilines is 1. The third-order valence-corrected chi connectivity index (χ3v) is 2.15. The van der Waals surface area contributed by atoms with Gasteiger partial charge in [-0.25, -0.2) is 9.97 Å². The first-order chi connectivity index (χ1) is 8.63. The van der Waals surface area contributed by atoms with Crippen LogP contribution in [-0.4, -0.2) is 42.2 Å². The largest absolute Gasteiger partial charge is 0.385 e. The van der Waals surface area contributed by atoms with Crippen molar-refractivity contribution in [2.75, 3.05) is 25.6 Å². The van der Waals surface area contributed by atoms with Crippen LogP contribution in [0.2, 0.25) is 0 Å². The number of aromatic nitrogens is 2. The molecular weight excluding hydrogens is 232 g/mol. The summed E-state index contributed by atoms with van der Waals surface area (Å²) >= 11 is 0. The number of carbonyl (C=O) groups excluding carboxylic acids is 1. The van der Waals surface area contributed by atoms with E-state index in [0.29, 0.717) is 24.7 Å². The van der Waals surface area contributed by atoms with Gasteiger partial charge in [0.25, 0.3) is 5.91 Å². The van der Waals surface area contributed by atoms with Crippen LogP contribution in [0.15, 0.2) is 12.4 Å². The molecule has 0 saturated carbocycles. The van der Waals surface area contributed by atoms with Crippen molar-refractivity contribution in [3.8, 4) is 0 Å². The van der Waals surface area contributed by atoms with Crippen molar-refractivity contribution in [3.05, 3.63) is 18.1 Å². The molecule has 0 saturated heterocycles. The first kappa shape index (κ1) is 14.4. The number of hydrogen-bond donors (Lipinski definition) is 2. The van der Waals surface area contributed by atoms with Crippen LogP contribution >= 0.6 is 0 Å². The Balaban J connectivity index is 2.51. The summed E-state index contributed by atoms with van der Waals surface area (Å²) in [6.45, 7) is 5.22. The number of nitrogens with zero attached hydrogens (tertiary/aromatic N) is 2. The van der Waals surface area contributed by atoms with E-state index in [9.17, 15) is 4.79 Å². The Hall–Kier alpha value is -1.69. The van der Waals surface area contributed by atoms with E-state index >= 15 is 0 Å². The minimum atomic E-state index is -0.194. The number of carbonyl (C=O) groups is 1. The van der Waals surface area contributed by atoms with Gasteiger partial charge >= 0.3 is 0 Å². The molecule has 1 rings (SSSR count). The number of hydrogen-bond acceptors (Lipinski definition) is 5. The molecule has 0 bridgehead atoms. The van der Waals surface area contributed by atoms with Crippen LogP contribution in [0.5, 0.6) is 0 Å². The van der Waals surface area contributed by atoms with E-state index < -0.39 is 0 Å². The molecule has 0 unspecified atom stereocenters. The molecule has 1 aromatic heterocycles. The molecule has 0 fully saturated rings. The Kier molecular flexibility index (Phi) is 6.07. The summed E-state index contributed by atoms with van der Waals surface area (Å²) in [4.78, 5) is 19.8. The second kappa shape index (κ2) is 7.60. The minimum Gasteiger partial charge on any atom is -0.385 e. The van der Waals surface area contributed by atoms with Crippen LogP contribution in [0, 0.1) is 0 Å². The molecule has 1 aromatic rings. The van der Waals surface area contributed by atoms with Crippen LogP contribution in [0.1, 0.15) is 30.8 Å². The molecule has 0 spiro atoms. The van der Waals surface area contributed by atoms with Crippen LogP contribution in [0.4, 0.5) is 5.82 Å². The zero-order valence-electron chi connectivity index (χ0n) is 11.1. The summed E-state index contributed by atoms with van der Waals surface area (Å²) in [5, 5.41) is 5.90. The predicted molar refractivity (Wildman–Crippen MR) is 69.6 cm³/mol. The highest BCUT2D eigenvalue weighted by molar-refractivity contribution is 5.92. The second-order valence-electron chi connectivity index (χ2n) is 4.19. The molecule has 100 valence electrons. The molecule has 0 aliphatic carbocycles. The Morgan fingerprint density at radius 1 is 1.44 bits per heavy atom. The fourth-order valence-electron chi connectivity index (χ4n) is 1.37. The van der Waals surface area contributed by atoms with Gasteiger partial charge in [-0.3, -0.25) is 4.79 Å². The fourth-order valence-corrected chi connectivity index (χ4v) is 1.37. The molecule has 0 atom stereocenters. The normalized spacial score (nSPS) is 10.4. The Bertz CT molecular complexity index is 382. The minimum absolute atomic E-state index is 0.194. The van der Waals surface area contributed by atoms with Crippen molar-refractivity contribution in [1.82, 2.24) is 15.3 Å². The van der Waals surface area contributed by atoms with Gasteiger partial charge in [0.05, 0.1) is 0 Å². The van der Waals surface area contributed by atoms with E-state index in [2.05, 4.69) is 20.6 Å². The Labute approximate surface area is 107 Å². The lowest BCUT2D eigenvalue weighted by molar-refractivity contribution is 0.0943. The average Bonchev–Trinajstić information content (AvgIpc) is 2.34. The maximum Gasteiger partial charge on any atom is 0.270 e. The zero-order valence-corrected chi connectivity index (χ0v) is 11.1. The SMILES string of the molecule is COCCCNC(=O)c1cc(NC(C)C)ncn1. The second-order valence-corrected chi connectivity index (χ2v) is 4.19. The summed E-state index contributed by atoms with van der Waals surface area (Å²) in [5.41, 5.74) is 0.366. The van der Waals surface area contributed by atoms with Crippen LogP contribution < -0.4 is 10.6 Å². The van der Waals surface area contributed by atoms with Crippen molar-refractivity contribution in [2.45, 2.75) is 26.3 Å². The molecule has 6 nitrogen and oxygen atoms in total. The molecule has 0 radical (unpaired) electrons. The van der Waals surface area contributed by atoms with Gasteiger partial charge in [-0.1, -0.05) is 0 Å². The molecule has 2 N–H and O–H groups in total. The first-order valence-electron chi connectivity index (χ1n) is 5.99. The fraction of sp³-hybridized carbons (Fsp3) is 0.583. The summed E-state index contributed by atoms with van der Waals surface area (Å²) in [5.74, 6) is 0.461. The smallest absolute Gasteiger partial charge is 0.270 e. The van der Waals surface area contributed by atoms with Gasteiger partial charge in [0.2, 0.25) is 0 Å². The summed E-state index contributed by atoms with van der Waals surface area (Å²) in [6.07, 6.45) is 2.17. The van der Waals surface area contributed by atoms with E-state index in [1.165, 1.54) is 6.33 Å². The number of rotatable bonds is 7. The molecule has 0 aromatic carbocycles. The van der Waals surface area contributed by atoms with Crippen molar-refractivity contribution in [3.63, 3.8) is 0 Å². The van der Waals surface area contributed by atoms with Crippen molar-refractivity contribution in [1.29, 1.82) is 0 Å². The number of ether oxygens (including phenoxy) is 1. The molecule has 6 heteroatoms. The van der Waals surface area contributed by atoms with Gasteiger partial charge in [0, 0.05) is 32.4 Å². The highest BCUT2D eigenvalue weighted by Crippen LogP contribution is 2.05. The van der Waals surface area contributed by atoms with Crippen molar-refractivity contribution in [2.24, 2.45) is 0 Å². The third-order valence-electron chi connectivity index (χ3n) is 2.15. The van der Waals surface area contributed by atoms with E-state index in [0.717, 1.165) is 6.42 Å².